The molecule has 5 atom stereocenters. The molecule has 7 heteroatoms. The standard InChI is InChI=1S/C20H29NO5S/c1-3-25-17-11-15-12(10-18(17)26-27(21,23)24)4-5-14-13(15)8-9-20(2)16(14)6-7-19(20)22/h10-11,13-14,16,19,22H,3-9H2,1-2H3,(H2,21,23,24)/t13?,14?,16?,19-,20+/m1/s1. The lowest BCUT2D eigenvalue weighted by molar-refractivity contribution is -0.0226. The largest absolute Gasteiger partial charge is 0.490 e. The van der Waals surface area contributed by atoms with E-state index in [1.807, 2.05) is 13.0 Å². The highest BCUT2D eigenvalue weighted by atomic mass is 32.2. The van der Waals surface area contributed by atoms with Crippen LogP contribution in [0.1, 0.15) is 63.0 Å². The average molecular weight is 396 g/mol. The van der Waals surface area contributed by atoms with E-state index in [1.54, 1.807) is 6.07 Å². The van der Waals surface area contributed by atoms with E-state index in [0.29, 0.717) is 30.1 Å². The first kappa shape index (κ1) is 19.0. The minimum absolute atomic E-state index is 0.0398. The van der Waals surface area contributed by atoms with Gasteiger partial charge in [-0.3, -0.25) is 0 Å². The van der Waals surface area contributed by atoms with Crippen molar-refractivity contribution in [1.82, 2.24) is 0 Å². The van der Waals surface area contributed by atoms with Crippen LogP contribution in [-0.2, 0) is 16.7 Å². The smallest absolute Gasteiger partial charge is 0.380 e. The SMILES string of the molecule is CCOc1cc2c(cc1OS(N)(=O)=O)CCC1C2CC[C@@]2(C)C1CC[C@H]2O. The van der Waals surface area contributed by atoms with E-state index < -0.39 is 10.3 Å². The summed E-state index contributed by atoms with van der Waals surface area (Å²) in [5.41, 5.74) is 2.42. The zero-order valence-electron chi connectivity index (χ0n) is 16.0. The third-order valence-corrected chi connectivity index (χ3v) is 7.66. The molecule has 0 bridgehead atoms. The van der Waals surface area contributed by atoms with Crippen molar-refractivity contribution in [3.63, 3.8) is 0 Å². The van der Waals surface area contributed by atoms with E-state index >= 15 is 0 Å². The maximum Gasteiger partial charge on any atom is 0.380 e. The Morgan fingerprint density at radius 3 is 2.70 bits per heavy atom. The molecule has 1 aromatic carbocycles. The van der Waals surface area contributed by atoms with Crippen molar-refractivity contribution in [2.75, 3.05) is 6.61 Å². The molecule has 27 heavy (non-hydrogen) atoms. The molecule has 150 valence electrons. The van der Waals surface area contributed by atoms with Gasteiger partial charge in [-0.25, -0.2) is 0 Å². The quantitative estimate of drug-likeness (QED) is 0.817. The van der Waals surface area contributed by atoms with Gasteiger partial charge < -0.3 is 14.0 Å². The summed E-state index contributed by atoms with van der Waals surface area (Å²) in [5.74, 6) is 2.15. The van der Waals surface area contributed by atoms with Gasteiger partial charge in [-0.05, 0) is 91.9 Å². The molecule has 1 aromatic rings. The Balaban J connectivity index is 1.71. The highest BCUT2D eigenvalue weighted by Gasteiger charge is 2.54. The van der Waals surface area contributed by atoms with Gasteiger partial charge in [0.15, 0.2) is 11.5 Å². The molecule has 0 aromatic heterocycles. The highest BCUT2D eigenvalue weighted by molar-refractivity contribution is 7.84. The molecule has 4 rings (SSSR count). The third-order valence-electron chi connectivity index (χ3n) is 7.24. The van der Waals surface area contributed by atoms with Gasteiger partial charge in [-0.2, -0.15) is 13.6 Å². The summed E-state index contributed by atoms with van der Waals surface area (Å²) in [4.78, 5) is 0. The molecular formula is C20H29NO5S. The highest BCUT2D eigenvalue weighted by Crippen LogP contribution is 2.61. The first-order valence-electron chi connectivity index (χ1n) is 9.93. The number of fused-ring (bicyclic) bond motifs is 5. The molecule has 6 nitrogen and oxygen atoms in total. The van der Waals surface area contributed by atoms with Gasteiger partial charge in [0.2, 0.25) is 0 Å². The number of ether oxygens (including phenoxy) is 1. The minimum atomic E-state index is -4.10. The summed E-state index contributed by atoms with van der Waals surface area (Å²) in [6.07, 6.45) is 5.83. The van der Waals surface area contributed by atoms with Crippen LogP contribution < -0.4 is 14.1 Å². The molecular weight excluding hydrogens is 366 g/mol. The topological polar surface area (TPSA) is 98.9 Å². The van der Waals surface area contributed by atoms with Crippen molar-refractivity contribution in [3.05, 3.63) is 23.3 Å². The normalized spacial score (nSPS) is 35.1. The van der Waals surface area contributed by atoms with Crippen LogP contribution in [-0.4, -0.2) is 26.2 Å². The van der Waals surface area contributed by atoms with Crippen molar-refractivity contribution < 1.29 is 22.4 Å². The molecule has 3 N–H and O–H groups in total. The van der Waals surface area contributed by atoms with E-state index in [-0.39, 0.29) is 17.3 Å². The summed E-state index contributed by atoms with van der Waals surface area (Å²) in [5, 5.41) is 15.6. The summed E-state index contributed by atoms with van der Waals surface area (Å²) in [6, 6.07) is 3.75. The van der Waals surface area contributed by atoms with Crippen molar-refractivity contribution >= 4 is 10.3 Å². The molecule has 2 saturated carbocycles. The summed E-state index contributed by atoms with van der Waals surface area (Å²) in [7, 11) is -4.10. The Kier molecular flexibility index (Phi) is 4.68. The molecule has 0 amide bonds. The minimum Gasteiger partial charge on any atom is -0.490 e. The van der Waals surface area contributed by atoms with Crippen LogP contribution in [0.25, 0.3) is 0 Å². The lowest BCUT2D eigenvalue weighted by atomic mass is 9.55. The lowest BCUT2D eigenvalue weighted by Crippen LogP contribution is -2.43. The van der Waals surface area contributed by atoms with Crippen LogP contribution in [0.5, 0.6) is 11.5 Å². The summed E-state index contributed by atoms with van der Waals surface area (Å²) >= 11 is 0. The Morgan fingerprint density at radius 2 is 2.00 bits per heavy atom. The molecule has 3 aliphatic carbocycles. The fraction of sp³-hybridized carbons (Fsp3) is 0.700. The van der Waals surface area contributed by atoms with Crippen molar-refractivity contribution in [2.24, 2.45) is 22.4 Å². The number of aliphatic hydroxyl groups is 1. The van der Waals surface area contributed by atoms with E-state index in [0.717, 1.165) is 44.1 Å². The van der Waals surface area contributed by atoms with Gasteiger partial charge in [0, 0.05) is 0 Å². The van der Waals surface area contributed by atoms with E-state index in [4.69, 9.17) is 14.1 Å². The van der Waals surface area contributed by atoms with Crippen LogP contribution in [0.4, 0.5) is 0 Å². The Morgan fingerprint density at radius 1 is 1.22 bits per heavy atom. The number of benzene rings is 1. The number of rotatable bonds is 4. The monoisotopic (exact) mass is 395 g/mol. The first-order valence-corrected chi connectivity index (χ1v) is 11.4. The second-order valence-corrected chi connectivity index (χ2v) is 9.71. The average Bonchev–Trinajstić information content (AvgIpc) is 2.89. The number of hydrogen-bond donors (Lipinski definition) is 2. The number of aliphatic hydroxyl groups excluding tert-OH is 1. The van der Waals surface area contributed by atoms with Gasteiger partial charge in [0.05, 0.1) is 12.7 Å². The molecule has 2 fully saturated rings. The van der Waals surface area contributed by atoms with Crippen molar-refractivity contribution in [2.45, 2.75) is 64.4 Å². The van der Waals surface area contributed by atoms with Crippen LogP contribution >= 0.6 is 0 Å². The maximum absolute atomic E-state index is 11.4. The Hall–Kier alpha value is -1.31. The number of hydrogen-bond acceptors (Lipinski definition) is 5. The van der Waals surface area contributed by atoms with E-state index in [1.165, 1.54) is 5.56 Å². The summed E-state index contributed by atoms with van der Waals surface area (Å²) in [6.45, 7) is 4.53. The molecule has 3 aliphatic rings. The second-order valence-electron chi connectivity index (χ2n) is 8.56. The van der Waals surface area contributed by atoms with Crippen LogP contribution in [0.2, 0.25) is 0 Å². The first-order chi connectivity index (χ1) is 12.7. The molecule has 0 spiro atoms. The van der Waals surface area contributed by atoms with Crippen LogP contribution in [0, 0.1) is 17.3 Å². The predicted molar refractivity (Wildman–Crippen MR) is 102 cm³/mol. The molecule has 0 aliphatic heterocycles. The Labute approximate surface area is 161 Å². The van der Waals surface area contributed by atoms with E-state index in [9.17, 15) is 13.5 Å². The van der Waals surface area contributed by atoms with Gasteiger partial charge in [-0.1, -0.05) is 6.92 Å². The zero-order chi connectivity index (χ0) is 19.4. The van der Waals surface area contributed by atoms with Gasteiger partial charge in [-0.15, -0.1) is 0 Å². The fourth-order valence-electron chi connectivity index (χ4n) is 6.01. The third kappa shape index (κ3) is 3.23. The van der Waals surface area contributed by atoms with E-state index in [2.05, 4.69) is 6.92 Å². The van der Waals surface area contributed by atoms with Gasteiger partial charge in [0.1, 0.15) is 0 Å². The number of nitrogens with two attached hydrogens (primary N) is 1. The molecule has 3 unspecified atom stereocenters. The van der Waals surface area contributed by atoms with Crippen molar-refractivity contribution in [3.8, 4) is 11.5 Å². The number of aryl methyl sites for hydroxylation is 1. The predicted octanol–water partition coefficient (Wildman–Crippen LogP) is 2.88. The zero-order valence-corrected chi connectivity index (χ0v) is 16.8. The molecule has 0 radical (unpaired) electrons. The lowest BCUT2D eigenvalue weighted by Gasteiger charge is -2.50. The second kappa shape index (κ2) is 6.64. The van der Waals surface area contributed by atoms with Gasteiger partial charge >= 0.3 is 10.3 Å². The molecule has 0 heterocycles. The Bertz CT molecular complexity index is 839. The van der Waals surface area contributed by atoms with Crippen LogP contribution in [0.15, 0.2) is 12.1 Å². The van der Waals surface area contributed by atoms with Crippen LogP contribution in [0.3, 0.4) is 0 Å². The van der Waals surface area contributed by atoms with Gasteiger partial charge in [0.25, 0.3) is 0 Å². The summed E-state index contributed by atoms with van der Waals surface area (Å²) < 4.78 is 33.5. The fourth-order valence-corrected chi connectivity index (χ4v) is 6.39. The maximum atomic E-state index is 11.4. The van der Waals surface area contributed by atoms with Crippen molar-refractivity contribution in [1.29, 1.82) is 0 Å². The molecule has 0 saturated heterocycles.